The number of nitrogens with zero attached hydrogens (tertiary/aromatic N) is 1. The number of rotatable bonds is 0. The van der Waals surface area contributed by atoms with E-state index in [-0.39, 0.29) is 5.54 Å². The molecule has 0 saturated carbocycles. The first kappa shape index (κ1) is 9.34. The second kappa shape index (κ2) is 2.95. The van der Waals surface area contributed by atoms with Crippen molar-refractivity contribution in [2.45, 2.75) is 51.1 Å². The standard InChI is InChI=1S/C9H18ClN/c1-7-8(10)5-6-11(7)9(2,3)4/h7-8H,5-6H2,1-4H3/t7-,8-/m1/s1. The average Bonchev–Trinajstić information content (AvgIpc) is 2.11. The summed E-state index contributed by atoms with van der Waals surface area (Å²) in [6, 6.07) is 0.539. The molecule has 1 fully saturated rings. The van der Waals surface area contributed by atoms with E-state index >= 15 is 0 Å². The number of halogens is 1. The molecule has 1 aliphatic heterocycles. The fraction of sp³-hybridized carbons (Fsp3) is 1.00. The van der Waals surface area contributed by atoms with Gasteiger partial charge in [-0.05, 0) is 34.1 Å². The molecule has 0 aliphatic carbocycles. The molecule has 1 rings (SSSR count). The average molecular weight is 176 g/mol. The highest BCUT2D eigenvalue weighted by Gasteiger charge is 2.35. The maximum absolute atomic E-state index is 6.12. The molecule has 1 aliphatic rings. The summed E-state index contributed by atoms with van der Waals surface area (Å²) in [7, 11) is 0. The molecule has 2 heteroatoms. The second-order valence-electron chi connectivity index (χ2n) is 4.41. The van der Waals surface area contributed by atoms with Gasteiger partial charge in [-0.2, -0.15) is 0 Å². The molecule has 66 valence electrons. The number of likely N-dealkylation sites (tertiary alicyclic amines) is 1. The summed E-state index contributed by atoms with van der Waals surface area (Å²) in [5, 5.41) is 0.356. The van der Waals surface area contributed by atoms with E-state index in [0.717, 1.165) is 13.0 Å². The van der Waals surface area contributed by atoms with Crippen LogP contribution < -0.4 is 0 Å². The Morgan fingerprint density at radius 2 is 1.91 bits per heavy atom. The van der Waals surface area contributed by atoms with Gasteiger partial charge >= 0.3 is 0 Å². The largest absolute Gasteiger partial charge is 0.294 e. The van der Waals surface area contributed by atoms with Crippen molar-refractivity contribution in [3.63, 3.8) is 0 Å². The van der Waals surface area contributed by atoms with Gasteiger partial charge in [0, 0.05) is 18.1 Å². The Labute approximate surface area is 74.7 Å². The van der Waals surface area contributed by atoms with Gasteiger partial charge in [0.1, 0.15) is 0 Å². The van der Waals surface area contributed by atoms with Crippen LogP contribution in [-0.4, -0.2) is 28.4 Å². The molecule has 0 aromatic carbocycles. The van der Waals surface area contributed by atoms with Crippen molar-refractivity contribution >= 4 is 11.6 Å². The molecular weight excluding hydrogens is 158 g/mol. The highest BCUT2D eigenvalue weighted by molar-refractivity contribution is 6.21. The lowest BCUT2D eigenvalue weighted by Crippen LogP contribution is -2.44. The minimum Gasteiger partial charge on any atom is -0.294 e. The van der Waals surface area contributed by atoms with Gasteiger partial charge in [0.2, 0.25) is 0 Å². The third-order valence-electron chi connectivity index (χ3n) is 2.52. The summed E-state index contributed by atoms with van der Waals surface area (Å²) >= 11 is 6.12. The lowest BCUT2D eigenvalue weighted by Gasteiger charge is -2.35. The first-order valence-corrected chi connectivity index (χ1v) is 4.77. The number of hydrogen-bond donors (Lipinski definition) is 0. The Morgan fingerprint density at radius 1 is 1.36 bits per heavy atom. The molecule has 0 unspecified atom stereocenters. The SMILES string of the molecule is C[C@@H]1[C@H](Cl)CCN1C(C)(C)C. The van der Waals surface area contributed by atoms with E-state index in [1.54, 1.807) is 0 Å². The van der Waals surface area contributed by atoms with Crippen LogP contribution in [0.15, 0.2) is 0 Å². The van der Waals surface area contributed by atoms with E-state index in [2.05, 4.69) is 32.6 Å². The maximum atomic E-state index is 6.12. The zero-order chi connectivity index (χ0) is 8.65. The zero-order valence-corrected chi connectivity index (χ0v) is 8.65. The first-order valence-electron chi connectivity index (χ1n) is 4.34. The minimum atomic E-state index is 0.281. The Balaban J connectivity index is 2.62. The summed E-state index contributed by atoms with van der Waals surface area (Å²) in [6.45, 7) is 10.1. The Morgan fingerprint density at radius 3 is 2.09 bits per heavy atom. The molecule has 1 saturated heterocycles. The monoisotopic (exact) mass is 175 g/mol. The molecule has 0 bridgehead atoms. The zero-order valence-electron chi connectivity index (χ0n) is 7.89. The fourth-order valence-corrected chi connectivity index (χ4v) is 2.08. The van der Waals surface area contributed by atoms with Crippen molar-refractivity contribution in [1.29, 1.82) is 0 Å². The third-order valence-corrected chi connectivity index (χ3v) is 3.11. The number of hydrogen-bond acceptors (Lipinski definition) is 1. The van der Waals surface area contributed by atoms with E-state index in [4.69, 9.17) is 11.6 Å². The fourth-order valence-electron chi connectivity index (χ4n) is 1.85. The van der Waals surface area contributed by atoms with Crippen molar-refractivity contribution in [1.82, 2.24) is 4.90 Å². The van der Waals surface area contributed by atoms with Gasteiger partial charge in [-0.15, -0.1) is 11.6 Å². The van der Waals surface area contributed by atoms with Crippen LogP contribution in [0.2, 0.25) is 0 Å². The Kier molecular flexibility index (Phi) is 2.50. The molecule has 1 heterocycles. The highest BCUT2D eigenvalue weighted by Crippen LogP contribution is 2.29. The summed E-state index contributed by atoms with van der Waals surface area (Å²) in [6.07, 6.45) is 1.14. The Bertz CT molecular complexity index is 139. The lowest BCUT2D eigenvalue weighted by atomic mass is 10.1. The van der Waals surface area contributed by atoms with E-state index < -0.39 is 0 Å². The van der Waals surface area contributed by atoms with Crippen molar-refractivity contribution in [3.8, 4) is 0 Å². The summed E-state index contributed by atoms with van der Waals surface area (Å²) < 4.78 is 0. The Hall–Kier alpha value is 0.250. The summed E-state index contributed by atoms with van der Waals surface area (Å²) in [5.41, 5.74) is 0.281. The van der Waals surface area contributed by atoms with E-state index in [9.17, 15) is 0 Å². The lowest BCUT2D eigenvalue weighted by molar-refractivity contribution is 0.131. The molecule has 0 aromatic heterocycles. The smallest absolute Gasteiger partial charge is 0.0501 e. The van der Waals surface area contributed by atoms with Crippen LogP contribution in [0.4, 0.5) is 0 Å². The molecule has 11 heavy (non-hydrogen) atoms. The molecule has 0 amide bonds. The summed E-state index contributed by atoms with van der Waals surface area (Å²) in [4.78, 5) is 2.48. The molecule has 2 atom stereocenters. The molecule has 0 N–H and O–H groups in total. The molecule has 0 radical (unpaired) electrons. The van der Waals surface area contributed by atoms with Crippen molar-refractivity contribution in [2.75, 3.05) is 6.54 Å². The van der Waals surface area contributed by atoms with Gasteiger partial charge in [-0.1, -0.05) is 0 Å². The van der Waals surface area contributed by atoms with Crippen molar-refractivity contribution < 1.29 is 0 Å². The van der Waals surface area contributed by atoms with E-state index in [1.807, 2.05) is 0 Å². The van der Waals surface area contributed by atoms with Gasteiger partial charge in [0.15, 0.2) is 0 Å². The first-order chi connectivity index (χ1) is 4.93. The molecular formula is C9H18ClN. The quantitative estimate of drug-likeness (QED) is 0.512. The van der Waals surface area contributed by atoms with Gasteiger partial charge in [-0.25, -0.2) is 0 Å². The van der Waals surface area contributed by atoms with Gasteiger partial charge in [0.25, 0.3) is 0 Å². The van der Waals surface area contributed by atoms with Crippen LogP contribution in [0.3, 0.4) is 0 Å². The van der Waals surface area contributed by atoms with Crippen LogP contribution in [0.25, 0.3) is 0 Å². The van der Waals surface area contributed by atoms with Crippen molar-refractivity contribution in [3.05, 3.63) is 0 Å². The van der Waals surface area contributed by atoms with Crippen LogP contribution in [0, 0.1) is 0 Å². The predicted molar refractivity (Wildman–Crippen MR) is 50.2 cm³/mol. The van der Waals surface area contributed by atoms with Crippen LogP contribution >= 0.6 is 11.6 Å². The third kappa shape index (κ3) is 1.88. The molecule has 1 nitrogen and oxygen atoms in total. The van der Waals surface area contributed by atoms with Gasteiger partial charge in [-0.3, -0.25) is 4.90 Å². The van der Waals surface area contributed by atoms with Crippen LogP contribution in [-0.2, 0) is 0 Å². The normalized spacial score (nSPS) is 34.6. The number of alkyl halides is 1. The molecule has 0 spiro atoms. The van der Waals surface area contributed by atoms with Crippen LogP contribution in [0.1, 0.15) is 34.1 Å². The van der Waals surface area contributed by atoms with Gasteiger partial charge in [0.05, 0.1) is 5.38 Å². The molecule has 0 aromatic rings. The van der Waals surface area contributed by atoms with Gasteiger partial charge < -0.3 is 0 Å². The predicted octanol–water partition coefficient (Wildman–Crippen LogP) is 2.49. The summed E-state index contributed by atoms with van der Waals surface area (Å²) in [5.74, 6) is 0. The van der Waals surface area contributed by atoms with E-state index in [0.29, 0.717) is 11.4 Å². The topological polar surface area (TPSA) is 3.24 Å². The van der Waals surface area contributed by atoms with Crippen molar-refractivity contribution in [2.24, 2.45) is 0 Å². The minimum absolute atomic E-state index is 0.281. The van der Waals surface area contributed by atoms with E-state index in [1.165, 1.54) is 0 Å². The van der Waals surface area contributed by atoms with Crippen LogP contribution in [0.5, 0.6) is 0 Å². The maximum Gasteiger partial charge on any atom is 0.0501 e. The highest BCUT2D eigenvalue weighted by atomic mass is 35.5. The second-order valence-corrected chi connectivity index (χ2v) is 4.97.